The number of hydrogen-bond donors (Lipinski definition) is 2. The minimum Gasteiger partial charge on any atom is -0.369 e. The Morgan fingerprint density at radius 3 is 2.15 bits per heavy atom. The fourth-order valence-electron chi connectivity index (χ4n) is 1.00. The van der Waals surface area contributed by atoms with Gasteiger partial charge in [-0.2, -0.15) is 0 Å². The molecule has 0 saturated carbocycles. The van der Waals surface area contributed by atoms with Crippen molar-refractivity contribution in [1.29, 1.82) is 0 Å². The van der Waals surface area contributed by atoms with Gasteiger partial charge in [-0.1, -0.05) is 25.3 Å². The second kappa shape index (κ2) is 9.15. The predicted octanol–water partition coefficient (Wildman–Crippen LogP) is 1.03. The molecule has 0 bridgehead atoms. The lowest BCUT2D eigenvalue weighted by Crippen LogP contribution is -2.14. The lowest BCUT2D eigenvalue weighted by atomic mass is 10.1. The van der Waals surface area contributed by atoms with Gasteiger partial charge in [0.05, 0.1) is 6.42 Å². The van der Waals surface area contributed by atoms with Gasteiger partial charge < -0.3 is 11.5 Å². The van der Waals surface area contributed by atoms with Crippen molar-refractivity contribution in [2.75, 3.05) is 0 Å². The highest BCUT2D eigenvalue weighted by Crippen LogP contribution is 2.12. The molecule has 0 aliphatic carbocycles. The molecule has 0 saturated heterocycles. The Morgan fingerprint density at radius 2 is 1.85 bits per heavy atom. The van der Waals surface area contributed by atoms with Gasteiger partial charge in [-0.15, -0.1) is 0 Å². The standard InChI is InChI=1S/C8H10FNO.C5H5N3O/c1-3-4-7(6(2)9)5-8(10)11;6-4(9)5-7-2-1-3-8-5/h3-4H,1-2,5H2,(H2,10,11);1-3H,(H2,6,9)/b7-4-;. The zero-order chi connectivity index (χ0) is 15.5. The Bertz CT molecular complexity index is 526. The molecule has 6 nitrogen and oxygen atoms in total. The number of allylic oxidation sites excluding steroid dienone is 3. The van der Waals surface area contributed by atoms with Gasteiger partial charge in [0.25, 0.3) is 5.91 Å². The highest BCUT2D eigenvalue weighted by atomic mass is 19.1. The van der Waals surface area contributed by atoms with Crippen LogP contribution in [0.2, 0.25) is 0 Å². The van der Waals surface area contributed by atoms with Crippen LogP contribution in [-0.4, -0.2) is 21.8 Å². The lowest BCUT2D eigenvalue weighted by Gasteiger charge is -1.97. The first-order valence-electron chi connectivity index (χ1n) is 5.40. The minimum absolute atomic E-state index is 0.0532. The molecule has 0 aromatic carbocycles. The average Bonchev–Trinajstić information content (AvgIpc) is 2.39. The number of halogens is 1. The molecule has 2 amide bonds. The van der Waals surface area contributed by atoms with Gasteiger partial charge in [0, 0.05) is 12.4 Å². The number of amides is 2. The van der Waals surface area contributed by atoms with E-state index in [0.717, 1.165) is 0 Å². The quantitative estimate of drug-likeness (QED) is 0.783. The molecular weight excluding hydrogens is 263 g/mol. The summed E-state index contributed by atoms with van der Waals surface area (Å²) in [7, 11) is 0. The molecule has 0 atom stereocenters. The van der Waals surface area contributed by atoms with Gasteiger partial charge in [-0.3, -0.25) is 9.59 Å². The van der Waals surface area contributed by atoms with E-state index in [0.29, 0.717) is 0 Å². The molecule has 106 valence electrons. The molecule has 0 spiro atoms. The highest BCUT2D eigenvalue weighted by Gasteiger charge is 2.03. The Morgan fingerprint density at radius 1 is 1.30 bits per heavy atom. The van der Waals surface area contributed by atoms with Crippen molar-refractivity contribution in [2.45, 2.75) is 6.42 Å². The molecule has 1 aromatic heterocycles. The summed E-state index contributed by atoms with van der Waals surface area (Å²) >= 11 is 0. The second-order valence-electron chi connectivity index (χ2n) is 3.41. The lowest BCUT2D eigenvalue weighted by molar-refractivity contribution is -0.117. The van der Waals surface area contributed by atoms with E-state index in [-0.39, 0.29) is 17.8 Å². The molecular formula is C13H15FN4O2. The summed E-state index contributed by atoms with van der Waals surface area (Å²) in [5.74, 6) is -1.78. The molecule has 1 aromatic rings. The maximum absolute atomic E-state index is 12.4. The van der Waals surface area contributed by atoms with E-state index < -0.39 is 17.6 Å². The van der Waals surface area contributed by atoms with Crippen LogP contribution in [-0.2, 0) is 4.79 Å². The third-order valence-corrected chi connectivity index (χ3v) is 1.82. The van der Waals surface area contributed by atoms with Crippen LogP contribution in [0, 0.1) is 0 Å². The monoisotopic (exact) mass is 278 g/mol. The molecule has 1 heterocycles. The number of nitrogens with two attached hydrogens (primary N) is 2. The summed E-state index contributed by atoms with van der Waals surface area (Å²) in [4.78, 5) is 27.8. The van der Waals surface area contributed by atoms with Gasteiger partial charge in [-0.05, 0) is 11.6 Å². The Kier molecular flexibility index (Phi) is 7.85. The molecule has 1 rings (SSSR count). The first-order chi connectivity index (χ1) is 9.38. The number of hydrogen-bond acceptors (Lipinski definition) is 4. The third-order valence-electron chi connectivity index (χ3n) is 1.82. The van der Waals surface area contributed by atoms with Gasteiger partial charge in [0.2, 0.25) is 11.7 Å². The van der Waals surface area contributed by atoms with Crippen LogP contribution >= 0.6 is 0 Å². The summed E-state index contributed by atoms with van der Waals surface area (Å²) in [6.45, 7) is 6.39. The van der Waals surface area contributed by atoms with Crippen LogP contribution in [0.1, 0.15) is 17.0 Å². The fraction of sp³-hybridized carbons (Fsp3) is 0.0769. The minimum atomic E-state index is -0.649. The fourth-order valence-corrected chi connectivity index (χ4v) is 1.00. The largest absolute Gasteiger partial charge is 0.369 e. The Labute approximate surface area is 115 Å². The van der Waals surface area contributed by atoms with Crippen molar-refractivity contribution in [3.63, 3.8) is 0 Å². The van der Waals surface area contributed by atoms with Gasteiger partial charge >= 0.3 is 0 Å². The number of carbonyl (C=O) groups is 2. The van der Waals surface area contributed by atoms with Crippen LogP contribution in [0.4, 0.5) is 4.39 Å². The van der Waals surface area contributed by atoms with Crippen LogP contribution in [0.25, 0.3) is 0 Å². The molecule has 4 N–H and O–H groups in total. The second-order valence-corrected chi connectivity index (χ2v) is 3.41. The van der Waals surface area contributed by atoms with Crippen LogP contribution < -0.4 is 11.5 Å². The number of aromatic nitrogens is 2. The van der Waals surface area contributed by atoms with Crippen molar-refractivity contribution in [3.05, 3.63) is 61.0 Å². The van der Waals surface area contributed by atoms with E-state index in [4.69, 9.17) is 11.5 Å². The van der Waals surface area contributed by atoms with Gasteiger partial charge in [-0.25, -0.2) is 14.4 Å². The van der Waals surface area contributed by atoms with Crippen molar-refractivity contribution in [3.8, 4) is 0 Å². The SMILES string of the molecule is C=C/C=C(/CC(N)=O)C(=C)F.NC(=O)c1ncccn1. The predicted molar refractivity (Wildman–Crippen MR) is 72.9 cm³/mol. The normalized spacial score (nSPS) is 9.95. The van der Waals surface area contributed by atoms with E-state index >= 15 is 0 Å². The number of rotatable bonds is 5. The van der Waals surface area contributed by atoms with Crippen molar-refractivity contribution in [1.82, 2.24) is 9.97 Å². The highest BCUT2D eigenvalue weighted by molar-refractivity contribution is 5.88. The first kappa shape index (κ1) is 17.2. The van der Waals surface area contributed by atoms with E-state index in [2.05, 4.69) is 23.1 Å². The molecule has 0 aliphatic heterocycles. The van der Waals surface area contributed by atoms with E-state index in [1.165, 1.54) is 24.5 Å². The number of carbonyl (C=O) groups excluding carboxylic acids is 2. The van der Waals surface area contributed by atoms with Crippen molar-refractivity contribution < 1.29 is 14.0 Å². The molecule has 0 unspecified atom stereocenters. The van der Waals surface area contributed by atoms with Crippen LogP contribution in [0.15, 0.2) is 55.2 Å². The third kappa shape index (κ3) is 7.49. The summed E-state index contributed by atoms with van der Waals surface area (Å²) in [6, 6.07) is 1.62. The summed E-state index contributed by atoms with van der Waals surface area (Å²) in [5, 5.41) is 0. The Hall–Kier alpha value is -2.83. The number of primary amides is 2. The molecule has 20 heavy (non-hydrogen) atoms. The van der Waals surface area contributed by atoms with Crippen molar-refractivity contribution >= 4 is 11.8 Å². The zero-order valence-electron chi connectivity index (χ0n) is 10.8. The van der Waals surface area contributed by atoms with Gasteiger partial charge in [0.1, 0.15) is 5.83 Å². The summed E-state index contributed by atoms with van der Waals surface area (Å²) in [5.41, 5.74) is 9.86. The van der Waals surface area contributed by atoms with E-state index in [1.807, 2.05) is 0 Å². The zero-order valence-corrected chi connectivity index (χ0v) is 10.8. The Balaban J connectivity index is 0.000000367. The maximum atomic E-state index is 12.4. The number of nitrogens with zero attached hydrogens (tertiary/aromatic N) is 2. The average molecular weight is 278 g/mol. The maximum Gasteiger partial charge on any atom is 0.286 e. The molecule has 0 fully saturated rings. The van der Waals surface area contributed by atoms with Crippen LogP contribution in [0.5, 0.6) is 0 Å². The molecule has 0 radical (unpaired) electrons. The van der Waals surface area contributed by atoms with Crippen LogP contribution in [0.3, 0.4) is 0 Å². The molecule has 0 aliphatic rings. The summed E-state index contributed by atoms with van der Waals surface area (Å²) < 4.78 is 12.4. The molecule has 7 heteroatoms. The van der Waals surface area contributed by atoms with Gasteiger partial charge in [0.15, 0.2) is 0 Å². The van der Waals surface area contributed by atoms with E-state index in [1.54, 1.807) is 6.07 Å². The van der Waals surface area contributed by atoms with E-state index in [9.17, 15) is 14.0 Å². The first-order valence-corrected chi connectivity index (χ1v) is 5.40. The van der Waals surface area contributed by atoms with Crippen molar-refractivity contribution in [2.24, 2.45) is 11.5 Å². The smallest absolute Gasteiger partial charge is 0.286 e. The summed E-state index contributed by atoms with van der Waals surface area (Å²) in [6.07, 6.45) is 5.54. The topological polar surface area (TPSA) is 112 Å².